The summed E-state index contributed by atoms with van der Waals surface area (Å²) in [5, 5.41) is 13.8. The third-order valence-corrected chi connectivity index (χ3v) is 9.04. The Balaban J connectivity index is 1.65. The smallest absolute Gasteiger partial charge is 0.233 e. The van der Waals surface area contributed by atoms with Crippen molar-refractivity contribution >= 4 is 28.5 Å². The lowest BCUT2D eigenvalue weighted by atomic mass is 9.47. The molecule has 1 heterocycles. The lowest BCUT2D eigenvalue weighted by Crippen LogP contribution is -2.63. The molecule has 4 aliphatic rings. The Morgan fingerprint density at radius 2 is 1.82 bits per heavy atom. The third kappa shape index (κ3) is 1.98. The van der Waals surface area contributed by atoms with E-state index >= 15 is 0 Å². The molecule has 0 aromatic carbocycles. The van der Waals surface area contributed by atoms with Crippen molar-refractivity contribution in [3.05, 3.63) is 0 Å². The first kappa shape index (κ1) is 15.7. The first-order valence-electron chi connectivity index (χ1n) is 8.99. The minimum Gasteiger partial charge on any atom is -0.393 e. The Bertz CT molecular complexity index is 497. The van der Waals surface area contributed by atoms with Crippen molar-refractivity contribution in [1.29, 1.82) is 0 Å². The van der Waals surface area contributed by atoms with Gasteiger partial charge in [0, 0.05) is 6.04 Å². The second-order valence-corrected chi connectivity index (χ2v) is 10.3. The number of piperidine rings is 1. The molecule has 0 bridgehead atoms. The van der Waals surface area contributed by atoms with Crippen LogP contribution in [0.15, 0.2) is 0 Å². The summed E-state index contributed by atoms with van der Waals surface area (Å²) >= 11 is 2.33. The zero-order valence-electron chi connectivity index (χ0n) is 13.6. The second kappa shape index (κ2) is 5.08. The average Bonchev–Trinajstić information content (AvgIpc) is 2.77. The van der Waals surface area contributed by atoms with Crippen molar-refractivity contribution < 1.29 is 9.90 Å². The van der Waals surface area contributed by atoms with Gasteiger partial charge >= 0.3 is 0 Å². The Morgan fingerprint density at radius 3 is 2.59 bits per heavy atom. The highest BCUT2D eigenvalue weighted by atomic mass is 127. The van der Waals surface area contributed by atoms with Gasteiger partial charge in [0.25, 0.3) is 0 Å². The van der Waals surface area contributed by atoms with Crippen LogP contribution in [0.1, 0.15) is 58.8 Å². The van der Waals surface area contributed by atoms with Crippen molar-refractivity contribution in [3.8, 4) is 0 Å². The van der Waals surface area contributed by atoms with Crippen molar-refractivity contribution in [2.45, 2.75) is 74.9 Å². The van der Waals surface area contributed by atoms with Crippen LogP contribution in [0.25, 0.3) is 0 Å². The third-order valence-electron chi connectivity index (χ3n) is 8.04. The van der Waals surface area contributed by atoms with Crippen LogP contribution in [0.2, 0.25) is 0 Å². The molecular formula is C18H28INO2. The van der Waals surface area contributed by atoms with Crippen LogP contribution in [-0.2, 0) is 4.79 Å². The number of nitrogens with one attached hydrogen (secondary N) is 1. The molecule has 22 heavy (non-hydrogen) atoms. The number of hydrogen-bond acceptors (Lipinski definition) is 2. The number of amides is 1. The number of rotatable bonds is 0. The number of hydrogen-bond donors (Lipinski definition) is 2. The van der Waals surface area contributed by atoms with Crippen molar-refractivity contribution in [1.82, 2.24) is 5.32 Å². The predicted octanol–water partition coefficient (Wildman–Crippen LogP) is 3.28. The summed E-state index contributed by atoms with van der Waals surface area (Å²) in [7, 11) is 0. The van der Waals surface area contributed by atoms with Gasteiger partial charge in [-0.05, 0) is 73.5 Å². The first-order chi connectivity index (χ1) is 10.4. The summed E-state index contributed by atoms with van der Waals surface area (Å²) in [4.78, 5) is 12.1. The summed E-state index contributed by atoms with van der Waals surface area (Å²) in [6.45, 7) is 4.78. The molecule has 0 aromatic rings. The molecule has 1 saturated heterocycles. The van der Waals surface area contributed by atoms with E-state index in [9.17, 15) is 9.90 Å². The predicted molar refractivity (Wildman–Crippen MR) is 94.7 cm³/mol. The number of alkyl halides is 1. The molecule has 0 unspecified atom stereocenters. The summed E-state index contributed by atoms with van der Waals surface area (Å²) < 4.78 is 0.125. The van der Waals surface area contributed by atoms with Crippen LogP contribution in [-0.4, -0.2) is 27.1 Å². The van der Waals surface area contributed by atoms with Crippen LogP contribution in [0, 0.1) is 28.6 Å². The normalized spacial score (nSPS) is 57.5. The molecule has 1 aliphatic heterocycles. The van der Waals surface area contributed by atoms with E-state index in [4.69, 9.17) is 0 Å². The van der Waals surface area contributed by atoms with E-state index in [0.29, 0.717) is 12.0 Å². The Hall–Kier alpha value is 0.160. The van der Waals surface area contributed by atoms with E-state index in [1.807, 2.05) is 0 Å². The van der Waals surface area contributed by atoms with Gasteiger partial charge in [0.05, 0.1) is 10.0 Å². The lowest BCUT2D eigenvalue weighted by molar-refractivity contribution is -0.136. The van der Waals surface area contributed by atoms with Gasteiger partial charge in [0.2, 0.25) is 5.91 Å². The molecule has 3 saturated carbocycles. The Kier molecular flexibility index (Phi) is 3.62. The number of carbonyl (C=O) groups is 1. The van der Waals surface area contributed by atoms with Crippen LogP contribution >= 0.6 is 22.6 Å². The summed E-state index contributed by atoms with van der Waals surface area (Å²) in [6, 6.07) is 0.378. The maximum atomic E-state index is 12.1. The molecular weight excluding hydrogens is 389 g/mol. The number of halogens is 1. The van der Waals surface area contributed by atoms with E-state index in [2.05, 4.69) is 41.8 Å². The van der Waals surface area contributed by atoms with Crippen LogP contribution in [0.3, 0.4) is 0 Å². The van der Waals surface area contributed by atoms with E-state index < -0.39 is 0 Å². The van der Waals surface area contributed by atoms with Crippen LogP contribution < -0.4 is 5.32 Å². The summed E-state index contributed by atoms with van der Waals surface area (Å²) in [5.41, 5.74) is 0.420. The molecule has 124 valence electrons. The molecule has 0 spiro atoms. The summed E-state index contributed by atoms with van der Waals surface area (Å²) in [6.07, 6.45) is 7.93. The molecule has 0 aromatic heterocycles. The van der Waals surface area contributed by atoms with E-state index in [1.165, 1.54) is 25.7 Å². The van der Waals surface area contributed by atoms with Gasteiger partial charge in [-0.2, -0.15) is 0 Å². The number of aliphatic hydroxyl groups is 1. The largest absolute Gasteiger partial charge is 0.393 e. The van der Waals surface area contributed by atoms with Gasteiger partial charge in [-0.15, -0.1) is 0 Å². The standard InChI is InChI=1S/C18H28INO2/c1-17-8-7-12-10(11(17)4-6-15(17)21)3-5-14-18(12,2)9-13(19)16(22)20-14/h10-15,21H,3-9H2,1-2H3,(H,20,22)/t10-,11-,12-,13+,14+,15-,17-,18+/m0/s1. The maximum Gasteiger partial charge on any atom is 0.233 e. The topological polar surface area (TPSA) is 49.3 Å². The fraction of sp³-hybridized carbons (Fsp3) is 0.944. The maximum absolute atomic E-state index is 12.1. The van der Waals surface area contributed by atoms with E-state index in [0.717, 1.165) is 31.1 Å². The van der Waals surface area contributed by atoms with Crippen molar-refractivity contribution in [2.75, 3.05) is 0 Å². The van der Waals surface area contributed by atoms with Gasteiger partial charge in [-0.25, -0.2) is 0 Å². The molecule has 3 aliphatic carbocycles. The van der Waals surface area contributed by atoms with E-state index in [-0.39, 0.29) is 26.8 Å². The molecule has 4 heteroatoms. The molecule has 1 amide bonds. The highest BCUT2D eigenvalue weighted by Crippen LogP contribution is 2.64. The molecule has 4 rings (SSSR count). The molecule has 2 N–H and O–H groups in total. The molecule has 4 fully saturated rings. The minimum absolute atomic E-state index is 0.0904. The zero-order valence-corrected chi connectivity index (χ0v) is 15.8. The number of carbonyl (C=O) groups excluding carboxylic acids is 1. The minimum atomic E-state index is -0.0904. The fourth-order valence-corrected chi connectivity index (χ4v) is 7.83. The van der Waals surface area contributed by atoms with Crippen LogP contribution in [0.4, 0.5) is 0 Å². The zero-order chi connectivity index (χ0) is 15.7. The van der Waals surface area contributed by atoms with Crippen molar-refractivity contribution in [3.63, 3.8) is 0 Å². The Labute approximate surface area is 147 Å². The SMILES string of the molecule is C[C@]12C[C@@H](I)C(=O)N[C@@H]1CC[C@@H]1[C@@H]2CC[C@]2(C)[C@@H](O)CC[C@@H]12. The lowest BCUT2D eigenvalue weighted by Gasteiger charge is -2.60. The number of fused-ring (bicyclic) bond motifs is 5. The van der Waals surface area contributed by atoms with Crippen molar-refractivity contribution in [2.24, 2.45) is 28.6 Å². The van der Waals surface area contributed by atoms with Gasteiger partial charge in [0.15, 0.2) is 0 Å². The Morgan fingerprint density at radius 1 is 1.09 bits per heavy atom. The molecule has 3 nitrogen and oxygen atoms in total. The molecule has 8 atom stereocenters. The number of aliphatic hydroxyl groups excluding tert-OH is 1. The van der Waals surface area contributed by atoms with Gasteiger partial charge in [0.1, 0.15) is 0 Å². The second-order valence-electron chi connectivity index (χ2n) is 8.83. The van der Waals surface area contributed by atoms with Crippen LogP contribution in [0.5, 0.6) is 0 Å². The first-order valence-corrected chi connectivity index (χ1v) is 10.2. The monoisotopic (exact) mass is 417 g/mol. The molecule has 0 radical (unpaired) electrons. The van der Waals surface area contributed by atoms with E-state index in [1.54, 1.807) is 0 Å². The average molecular weight is 417 g/mol. The van der Waals surface area contributed by atoms with Gasteiger partial charge < -0.3 is 10.4 Å². The summed E-state index contributed by atoms with van der Waals surface area (Å²) in [5.74, 6) is 2.44. The highest BCUT2D eigenvalue weighted by Gasteiger charge is 2.60. The quantitative estimate of drug-likeness (QED) is 0.470. The fourth-order valence-electron chi connectivity index (χ4n) is 6.70. The van der Waals surface area contributed by atoms with Gasteiger partial charge in [-0.1, -0.05) is 36.4 Å². The highest BCUT2D eigenvalue weighted by molar-refractivity contribution is 14.1. The van der Waals surface area contributed by atoms with Gasteiger partial charge in [-0.3, -0.25) is 4.79 Å².